The molecule has 3 heterocycles. The lowest BCUT2D eigenvalue weighted by Gasteiger charge is -2.32. The highest BCUT2D eigenvalue weighted by atomic mass is 16.3. The molecule has 4 rings (SSSR count). The number of nitrogens with one attached hydrogen (secondary N) is 1. The predicted molar refractivity (Wildman–Crippen MR) is 113 cm³/mol. The van der Waals surface area contributed by atoms with Crippen LogP contribution in [0.3, 0.4) is 0 Å². The van der Waals surface area contributed by atoms with E-state index in [0.717, 1.165) is 24.2 Å². The van der Waals surface area contributed by atoms with Crippen LogP contribution in [0.2, 0.25) is 0 Å². The van der Waals surface area contributed by atoms with Gasteiger partial charge in [0.25, 0.3) is 11.8 Å². The number of carbonyl (C=O) groups is 2. The van der Waals surface area contributed by atoms with Gasteiger partial charge in [-0.3, -0.25) is 9.59 Å². The Morgan fingerprint density at radius 2 is 1.90 bits per heavy atom. The molecule has 0 radical (unpaired) electrons. The summed E-state index contributed by atoms with van der Waals surface area (Å²) in [6.07, 6.45) is 6.77. The average Bonchev–Trinajstić information content (AvgIpc) is 3.44. The van der Waals surface area contributed by atoms with E-state index < -0.39 is 0 Å². The molecular weight excluding hydrogens is 380 g/mol. The van der Waals surface area contributed by atoms with Crippen molar-refractivity contribution < 1.29 is 14.0 Å². The zero-order valence-corrected chi connectivity index (χ0v) is 17.3. The number of nitrogens with zero attached hydrogens (tertiary/aromatic N) is 3. The number of aryl methyl sites for hydroxylation is 1. The summed E-state index contributed by atoms with van der Waals surface area (Å²) in [5.74, 6) is -0.133. The molecule has 156 valence electrons. The Kier molecular flexibility index (Phi) is 5.70. The van der Waals surface area contributed by atoms with Gasteiger partial charge < -0.3 is 14.6 Å². The van der Waals surface area contributed by atoms with E-state index in [2.05, 4.69) is 10.4 Å². The summed E-state index contributed by atoms with van der Waals surface area (Å²) in [7, 11) is 0. The summed E-state index contributed by atoms with van der Waals surface area (Å²) < 4.78 is 6.83. The third-order valence-electron chi connectivity index (χ3n) is 5.61. The van der Waals surface area contributed by atoms with Gasteiger partial charge in [0.15, 0.2) is 0 Å². The van der Waals surface area contributed by atoms with Crippen LogP contribution in [0.5, 0.6) is 0 Å². The molecule has 7 heteroatoms. The summed E-state index contributed by atoms with van der Waals surface area (Å²) >= 11 is 0. The van der Waals surface area contributed by atoms with Crippen LogP contribution in [-0.2, 0) is 6.42 Å². The monoisotopic (exact) mass is 406 g/mol. The van der Waals surface area contributed by atoms with E-state index >= 15 is 0 Å². The summed E-state index contributed by atoms with van der Waals surface area (Å²) in [6.45, 7) is 5.29. The molecule has 1 aliphatic heterocycles. The maximum Gasteiger partial charge on any atom is 0.257 e. The third-order valence-corrected chi connectivity index (χ3v) is 5.61. The number of hydrogen-bond donors (Lipinski definition) is 1. The van der Waals surface area contributed by atoms with Crippen LogP contribution >= 0.6 is 0 Å². The number of amides is 2. The molecule has 3 aromatic rings. The van der Waals surface area contributed by atoms with Gasteiger partial charge >= 0.3 is 0 Å². The van der Waals surface area contributed by atoms with Crippen LogP contribution in [-0.4, -0.2) is 45.6 Å². The van der Waals surface area contributed by atoms with Gasteiger partial charge in [0.05, 0.1) is 35.0 Å². The highest BCUT2D eigenvalue weighted by Gasteiger charge is 2.26. The summed E-state index contributed by atoms with van der Waals surface area (Å²) in [5.41, 5.74) is 4.19. The summed E-state index contributed by atoms with van der Waals surface area (Å²) in [4.78, 5) is 27.2. The molecule has 1 aliphatic rings. The van der Waals surface area contributed by atoms with Crippen LogP contribution < -0.4 is 5.32 Å². The van der Waals surface area contributed by atoms with Gasteiger partial charge in [0, 0.05) is 19.1 Å². The van der Waals surface area contributed by atoms with E-state index in [4.69, 9.17) is 4.42 Å². The number of likely N-dealkylation sites (tertiary alicyclic amines) is 1. The maximum atomic E-state index is 12.9. The minimum absolute atomic E-state index is 0.0267. The predicted octanol–water partition coefficient (Wildman–Crippen LogP) is 3.37. The molecule has 1 saturated heterocycles. The number of furan rings is 1. The van der Waals surface area contributed by atoms with Gasteiger partial charge in [-0.2, -0.15) is 5.10 Å². The molecule has 2 aromatic heterocycles. The van der Waals surface area contributed by atoms with Gasteiger partial charge in [-0.15, -0.1) is 0 Å². The molecule has 30 heavy (non-hydrogen) atoms. The second-order valence-corrected chi connectivity index (χ2v) is 7.66. The van der Waals surface area contributed by atoms with Crippen molar-refractivity contribution in [3.63, 3.8) is 0 Å². The second-order valence-electron chi connectivity index (χ2n) is 7.66. The van der Waals surface area contributed by atoms with Crippen molar-refractivity contribution in [1.82, 2.24) is 20.0 Å². The van der Waals surface area contributed by atoms with Gasteiger partial charge in [-0.25, -0.2) is 4.68 Å². The largest absolute Gasteiger partial charge is 0.472 e. The highest BCUT2D eigenvalue weighted by Crippen LogP contribution is 2.19. The smallest absolute Gasteiger partial charge is 0.257 e. The number of piperidine rings is 1. The molecule has 0 aliphatic carbocycles. The van der Waals surface area contributed by atoms with E-state index in [1.807, 2.05) is 42.8 Å². The fourth-order valence-electron chi connectivity index (χ4n) is 3.87. The van der Waals surface area contributed by atoms with Crippen molar-refractivity contribution in [2.45, 2.75) is 39.2 Å². The number of aromatic nitrogens is 2. The number of rotatable bonds is 5. The zero-order valence-electron chi connectivity index (χ0n) is 17.3. The first kappa shape index (κ1) is 19.9. The molecule has 0 unspecified atom stereocenters. The van der Waals surface area contributed by atoms with E-state index in [-0.39, 0.29) is 17.9 Å². The Morgan fingerprint density at radius 3 is 2.53 bits per heavy atom. The van der Waals surface area contributed by atoms with Crippen LogP contribution in [0.25, 0.3) is 5.69 Å². The Morgan fingerprint density at radius 1 is 1.17 bits per heavy atom. The lowest BCUT2D eigenvalue weighted by molar-refractivity contribution is 0.0697. The van der Waals surface area contributed by atoms with Crippen LogP contribution in [0.1, 0.15) is 51.7 Å². The van der Waals surface area contributed by atoms with Crippen LogP contribution in [0.4, 0.5) is 0 Å². The quantitative estimate of drug-likeness (QED) is 0.704. The van der Waals surface area contributed by atoms with Crippen molar-refractivity contribution in [2.24, 2.45) is 0 Å². The average molecular weight is 406 g/mol. The van der Waals surface area contributed by atoms with E-state index in [1.54, 1.807) is 17.2 Å². The Hall–Kier alpha value is -3.35. The van der Waals surface area contributed by atoms with Crippen molar-refractivity contribution >= 4 is 11.8 Å². The fourth-order valence-corrected chi connectivity index (χ4v) is 3.87. The Bertz CT molecular complexity index is 1010. The number of carbonyl (C=O) groups excluding carboxylic acids is 2. The molecule has 0 bridgehead atoms. The van der Waals surface area contributed by atoms with Gasteiger partial charge in [-0.05, 0) is 44.4 Å². The highest BCUT2D eigenvalue weighted by molar-refractivity contribution is 5.96. The number of benzene rings is 1. The summed E-state index contributed by atoms with van der Waals surface area (Å²) in [5, 5.41) is 7.59. The van der Waals surface area contributed by atoms with Gasteiger partial charge in [-0.1, -0.05) is 24.6 Å². The molecule has 1 fully saturated rings. The first-order valence-electron chi connectivity index (χ1n) is 10.3. The molecule has 0 atom stereocenters. The minimum atomic E-state index is -0.107. The zero-order chi connectivity index (χ0) is 21.1. The Balaban J connectivity index is 1.40. The van der Waals surface area contributed by atoms with Crippen LogP contribution in [0.15, 0.2) is 53.5 Å². The number of hydrogen-bond acceptors (Lipinski definition) is 4. The van der Waals surface area contributed by atoms with Crippen molar-refractivity contribution in [3.05, 3.63) is 71.4 Å². The maximum absolute atomic E-state index is 12.9. The first-order valence-corrected chi connectivity index (χ1v) is 10.3. The van der Waals surface area contributed by atoms with Crippen molar-refractivity contribution in [1.29, 1.82) is 0 Å². The SMILES string of the molecule is CCc1c(C(=O)NC2CCN(C(=O)c3ccoc3)CC2)cnn1-c1ccc(C)cc1. The topological polar surface area (TPSA) is 80.4 Å². The molecule has 0 spiro atoms. The lowest BCUT2D eigenvalue weighted by Crippen LogP contribution is -2.46. The fraction of sp³-hybridized carbons (Fsp3) is 0.348. The van der Waals surface area contributed by atoms with E-state index in [0.29, 0.717) is 30.6 Å². The molecule has 0 saturated carbocycles. The molecule has 1 N–H and O–H groups in total. The van der Waals surface area contributed by atoms with E-state index in [9.17, 15) is 9.59 Å². The third kappa shape index (κ3) is 4.01. The van der Waals surface area contributed by atoms with Gasteiger partial charge in [0.2, 0.25) is 0 Å². The molecule has 2 amide bonds. The second kappa shape index (κ2) is 8.57. The normalized spacial score (nSPS) is 14.7. The molecular formula is C23H26N4O3. The van der Waals surface area contributed by atoms with Crippen molar-refractivity contribution in [3.8, 4) is 5.69 Å². The minimum Gasteiger partial charge on any atom is -0.472 e. The molecule has 1 aromatic carbocycles. The van der Waals surface area contributed by atoms with Crippen molar-refractivity contribution in [2.75, 3.05) is 13.1 Å². The standard InChI is InChI=1S/C23H26N4O3/c1-3-21-20(14-24-27(21)19-6-4-16(2)5-7-19)22(28)25-18-8-11-26(12-9-18)23(29)17-10-13-30-15-17/h4-7,10,13-15,18H,3,8-9,11-12H2,1-2H3,(H,25,28). The Labute approximate surface area is 175 Å². The van der Waals surface area contributed by atoms with Crippen LogP contribution in [0, 0.1) is 6.92 Å². The van der Waals surface area contributed by atoms with Gasteiger partial charge in [0.1, 0.15) is 6.26 Å². The van der Waals surface area contributed by atoms with E-state index in [1.165, 1.54) is 18.1 Å². The summed E-state index contributed by atoms with van der Waals surface area (Å²) in [6, 6.07) is 9.81. The first-order chi connectivity index (χ1) is 14.6. The molecule has 7 nitrogen and oxygen atoms in total. The lowest BCUT2D eigenvalue weighted by atomic mass is 10.0.